The molecule has 0 amide bonds. The molecule has 0 saturated heterocycles. The standard InChI is InChI=1S/C10H12N4/c1-7(2)8-4-3-5-9(12-8)10-6-11-14-13-10/h3-5,7H,6H2,1-2H3. The smallest absolute Gasteiger partial charge is 0.114 e. The van der Waals surface area contributed by atoms with Crippen LogP contribution in [0.15, 0.2) is 33.6 Å². The van der Waals surface area contributed by atoms with Crippen LogP contribution in [0.5, 0.6) is 0 Å². The van der Waals surface area contributed by atoms with Crippen LogP contribution >= 0.6 is 0 Å². The zero-order valence-electron chi connectivity index (χ0n) is 8.31. The van der Waals surface area contributed by atoms with E-state index in [1.54, 1.807) is 0 Å². The van der Waals surface area contributed by atoms with E-state index in [4.69, 9.17) is 0 Å². The summed E-state index contributed by atoms with van der Waals surface area (Å²) >= 11 is 0. The molecule has 1 aliphatic rings. The maximum Gasteiger partial charge on any atom is 0.114 e. The van der Waals surface area contributed by atoms with Gasteiger partial charge in [-0.3, -0.25) is 4.98 Å². The van der Waals surface area contributed by atoms with Crippen molar-refractivity contribution in [3.8, 4) is 0 Å². The Morgan fingerprint density at radius 3 is 2.79 bits per heavy atom. The van der Waals surface area contributed by atoms with Gasteiger partial charge in [-0.2, -0.15) is 5.11 Å². The van der Waals surface area contributed by atoms with E-state index in [1.165, 1.54) is 0 Å². The number of aromatic nitrogens is 1. The molecule has 0 aromatic carbocycles. The molecule has 1 aliphatic heterocycles. The molecular weight excluding hydrogens is 176 g/mol. The van der Waals surface area contributed by atoms with Crippen LogP contribution in [0.1, 0.15) is 31.2 Å². The van der Waals surface area contributed by atoms with Gasteiger partial charge in [0.1, 0.15) is 12.3 Å². The summed E-state index contributed by atoms with van der Waals surface area (Å²) in [4.78, 5) is 4.50. The first-order chi connectivity index (χ1) is 6.77. The van der Waals surface area contributed by atoms with Crippen molar-refractivity contribution in [2.75, 3.05) is 6.54 Å². The SMILES string of the molecule is CC(C)c1cccc(C2=NN=NC2)n1. The van der Waals surface area contributed by atoms with Gasteiger partial charge >= 0.3 is 0 Å². The number of pyridine rings is 1. The fourth-order valence-corrected chi connectivity index (χ4v) is 1.28. The molecule has 72 valence electrons. The predicted molar refractivity (Wildman–Crippen MR) is 54.6 cm³/mol. The van der Waals surface area contributed by atoms with Gasteiger partial charge < -0.3 is 0 Å². The van der Waals surface area contributed by atoms with Crippen LogP contribution < -0.4 is 0 Å². The van der Waals surface area contributed by atoms with E-state index in [9.17, 15) is 0 Å². The maximum absolute atomic E-state index is 4.50. The molecular formula is C10H12N4. The van der Waals surface area contributed by atoms with E-state index in [-0.39, 0.29) is 0 Å². The summed E-state index contributed by atoms with van der Waals surface area (Å²) in [5, 5.41) is 11.3. The van der Waals surface area contributed by atoms with E-state index in [0.29, 0.717) is 12.5 Å². The van der Waals surface area contributed by atoms with Crippen LogP contribution in [0, 0.1) is 0 Å². The third-order valence-electron chi connectivity index (χ3n) is 2.11. The Hall–Kier alpha value is -1.58. The lowest BCUT2D eigenvalue weighted by molar-refractivity contribution is 0.821. The summed E-state index contributed by atoms with van der Waals surface area (Å²) in [6, 6.07) is 5.97. The molecule has 0 bridgehead atoms. The molecule has 0 fully saturated rings. The van der Waals surface area contributed by atoms with E-state index in [2.05, 4.69) is 34.3 Å². The highest BCUT2D eigenvalue weighted by Crippen LogP contribution is 2.13. The van der Waals surface area contributed by atoms with Crippen LogP contribution in [0.4, 0.5) is 0 Å². The van der Waals surface area contributed by atoms with Crippen LogP contribution in [0.25, 0.3) is 0 Å². The molecule has 4 heteroatoms. The largest absolute Gasteiger partial charge is 0.251 e. The fraction of sp³-hybridized carbons (Fsp3) is 0.400. The van der Waals surface area contributed by atoms with Gasteiger partial charge in [-0.15, -0.1) is 5.10 Å². The average molecular weight is 188 g/mol. The molecule has 4 nitrogen and oxygen atoms in total. The van der Waals surface area contributed by atoms with Crippen molar-refractivity contribution in [3.05, 3.63) is 29.6 Å². The van der Waals surface area contributed by atoms with E-state index >= 15 is 0 Å². The minimum atomic E-state index is 0.436. The minimum absolute atomic E-state index is 0.436. The third-order valence-corrected chi connectivity index (χ3v) is 2.11. The van der Waals surface area contributed by atoms with Gasteiger partial charge in [-0.05, 0) is 23.3 Å². The lowest BCUT2D eigenvalue weighted by Gasteiger charge is -2.05. The van der Waals surface area contributed by atoms with Crippen LogP contribution in [0.3, 0.4) is 0 Å². The van der Waals surface area contributed by atoms with Gasteiger partial charge in [0.25, 0.3) is 0 Å². The Morgan fingerprint density at radius 1 is 1.29 bits per heavy atom. The van der Waals surface area contributed by atoms with E-state index < -0.39 is 0 Å². The van der Waals surface area contributed by atoms with E-state index in [1.807, 2.05) is 18.2 Å². The van der Waals surface area contributed by atoms with Crippen molar-refractivity contribution >= 4 is 5.71 Å². The van der Waals surface area contributed by atoms with Gasteiger partial charge in [0.2, 0.25) is 0 Å². The lowest BCUT2D eigenvalue weighted by Crippen LogP contribution is -2.06. The van der Waals surface area contributed by atoms with Gasteiger partial charge in [0.05, 0.1) is 5.69 Å². The Labute approximate surface area is 82.8 Å². The monoisotopic (exact) mass is 188 g/mol. The minimum Gasteiger partial charge on any atom is -0.251 e. The molecule has 0 spiro atoms. The van der Waals surface area contributed by atoms with Crippen molar-refractivity contribution in [1.82, 2.24) is 4.98 Å². The highest BCUT2D eigenvalue weighted by molar-refractivity contribution is 6.01. The predicted octanol–water partition coefficient (Wildman–Crippen LogP) is 2.37. The molecule has 0 unspecified atom stereocenters. The van der Waals surface area contributed by atoms with Gasteiger partial charge in [-0.1, -0.05) is 19.9 Å². The summed E-state index contributed by atoms with van der Waals surface area (Å²) in [5.74, 6) is 0.436. The highest BCUT2D eigenvalue weighted by atomic mass is 15.4. The summed E-state index contributed by atoms with van der Waals surface area (Å²) in [6.07, 6.45) is 0. The second-order valence-electron chi connectivity index (χ2n) is 3.54. The Balaban J connectivity index is 2.31. The molecule has 0 saturated carbocycles. The van der Waals surface area contributed by atoms with Gasteiger partial charge in [0.15, 0.2) is 0 Å². The molecule has 2 heterocycles. The molecule has 1 aromatic rings. The first kappa shape index (κ1) is 8.99. The summed E-state index contributed by atoms with van der Waals surface area (Å²) in [6.45, 7) is 4.79. The van der Waals surface area contributed by atoms with Gasteiger partial charge in [-0.25, -0.2) is 0 Å². The lowest BCUT2D eigenvalue weighted by atomic mass is 10.1. The summed E-state index contributed by atoms with van der Waals surface area (Å²) in [7, 11) is 0. The quantitative estimate of drug-likeness (QED) is 0.702. The summed E-state index contributed by atoms with van der Waals surface area (Å²) < 4.78 is 0. The van der Waals surface area contributed by atoms with Crippen LogP contribution in [-0.2, 0) is 0 Å². The normalized spacial score (nSPS) is 14.9. The topological polar surface area (TPSA) is 50.0 Å². The average Bonchev–Trinajstić information content (AvgIpc) is 2.71. The van der Waals surface area contributed by atoms with Crippen molar-refractivity contribution in [3.63, 3.8) is 0 Å². The maximum atomic E-state index is 4.50. The number of hydrogen-bond acceptors (Lipinski definition) is 4. The number of nitrogens with zero attached hydrogens (tertiary/aromatic N) is 4. The second-order valence-corrected chi connectivity index (χ2v) is 3.54. The second kappa shape index (κ2) is 3.65. The molecule has 0 aliphatic carbocycles. The van der Waals surface area contributed by atoms with Crippen molar-refractivity contribution in [2.45, 2.75) is 19.8 Å². The number of rotatable bonds is 2. The first-order valence-corrected chi connectivity index (χ1v) is 4.68. The Bertz CT molecular complexity index is 393. The third kappa shape index (κ3) is 1.69. The molecule has 0 atom stereocenters. The van der Waals surface area contributed by atoms with Crippen LogP contribution in [-0.4, -0.2) is 17.2 Å². The summed E-state index contributed by atoms with van der Waals surface area (Å²) in [5.41, 5.74) is 2.82. The van der Waals surface area contributed by atoms with Crippen molar-refractivity contribution in [2.24, 2.45) is 15.4 Å². The Morgan fingerprint density at radius 2 is 2.14 bits per heavy atom. The first-order valence-electron chi connectivity index (χ1n) is 4.68. The molecule has 0 N–H and O–H groups in total. The van der Waals surface area contributed by atoms with Crippen LogP contribution in [0.2, 0.25) is 0 Å². The van der Waals surface area contributed by atoms with Crippen molar-refractivity contribution < 1.29 is 0 Å². The fourth-order valence-electron chi connectivity index (χ4n) is 1.28. The van der Waals surface area contributed by atoms with E-state index in [0.717, 1.165) is 17.1 Å². The van der Waals surface area contributed by atoms with Gasteiger partial charge in [0, 0.05) is 5.69 Å². The molecule has 1 aromatic heterocycles. The zero-order valence-corrected chi connectivity index (χ0v) is 8.31. The highest BCUT2D eigenvalue weighted by Gasteiger charge is 2.10. The molecule has 0 radical (unpaired) electrons. The zero-order chi connectivity index (χ0) is 9.97. The number of hydrogen-bond donors (Lipinski definition) is 0. The molecule has 14 heavy (non-hydrogen) atoms. The van der Waals surface area contributed by atoms with Crippen molar-refractivity contribution in [1.29, 1.82) is 0 Å². The Kier molecular flexibility index (Phi) is 2.35. The molecule has 2 rings (SSSR count).